The maximum absolute atomic E-state index is 10.4. The summed E-state index contributed by atoms with van der Waals surface area (Å²) in [6.07, 6.45) is 1.25. The summed E-state index contributed by atoms with van der Waals surface area (Å²) < 4.78 is 5.47. The number of rotatable bonds is 6. The molecule has 1 aromatic carbocycles. The molecule has 2 atom stereocenters. The first-order chi connectivity index (χ1) is 8.16. The minimum absolute atomic E-state index is 0.0854. The molecule has 1 N–H and O–H groups in total. The van der Waals surface area contributed by atoms with Gasteiger partial charge in [-0.25, -0.2) is 0 Å². The number of nitrogens with zero attached hydrogens (tertiary/aromatic N) is 1. The fraction of sp³-hybridized carbons (Fsp3) is 0.500. The highest BCUT2D eigenvalue weighted by Crippen LogP contribution is 2.28. The van der Waals surface area contributed by atoms with Gasteiger partial charge in [0.15, 0.2) is 0 Å². The zero-order chi connectivity index (χ0) is 12.3. The number of ether oxygens (including phenoxy) is 1. The van der Waals surface area contributed by atoms with Gasteiger partial charge >= 0.3 is 0 Å². The van der Waals surface area contributed by atoms with Crippen molar-refractivity contribution in [1.29, 1.82) is 0 Å². The Morgan fingerprint density at radius 2 is 2.12 bits per heavy atom. The number of hydrogen-bond acceptors (Lipinski definition) is 4. The molecular formula is C12H16N2O3. The van der Waals surface area contributed by atoms with Gasteiger partial charge < -0.3 is 10.1 Å². The third kappa shape index (κ3) is 3.42. The van der Waals surface area contributed by atoms with Crippen LogP contribution in [0.1, 0.15) is 13.3 Å². The molecule has 0 aromatic heterocycles. The Morgan fingerprint density at radius 1 is 1.47 bits per heavy atom. The van der Waals surface area contributed by atoms with Gasteiger partial charge in [0.1, 0.15) is 12.4 Å². The normalized spacial score (nSPS) is 22.2. The molecule has 5 heteroatoms. The highest BCUT2D eigenvalue weighted by Gasteiger charge is 2.31. The van der Waals surface area contributed by atoms with Gasteiger partial charge in [-0.1, -0.05) is 6.92 Å². The number of nitro benzene ring substituents is 1. The Hall–Kier alpha value is -1.62. The summed E-state index contributed by atoms with van der Waals surface area (Å²) in [4.78, 5) is 10.0. The van der Waals surface area contributed by atoms with Crippen LogP contribution < -0.4 is 10.1 Å². The van der Waals surface area contributed by atoms with E-state index in [1.54, 1.807) is 12.1 Å². The lowest BCUT2D eigenvalue weighted by Gasteiger charge is -2.06. The van der Waals surface area contributed by atoms with Gasteiger partial charge in [-0.3, -0.25) is 10.1 Å². The van der Waals surface area contributed by atoms with E-state index < -0.39 is 4.92 Å². The second kappa shape index (κ2) is 5.14. The Morgan fingerprint density at radius 3 is 2.65 bits per heavy atom. The Bertz CT molecular complexity index is 391. The van der Waals surface area contributed by atoms with Crippen LogP contribution in [0.5, 0.6) is 5.75 Å². The molecular weight excluding hydrogens is 220 g/mol. The van der Waals surface area contributed by atoms with Crippen LogP contribution in [0.2, 0.25) is 0 Å². The fourth-order valence-electron chi connectivity index (χ4n) is 1.68. The molecule has 1 aromatic rings. The molecule has 92 valence electrons. The summed E-state index contributed by atoms with van der Waals surface area (Å²) in [6, 6.07) is 6.79. The van der Waals surface area contributed by atoms with Crippen molar-refractivity contribution in [3.8, 4) is 5.75 Å². The molecule has 0 saturated heterocycles. The largest absolute Gasteiger partial charge is 0.492 e. The lowest BCUT2D eigenvalue weighted by molar-refractivity contribution is -0.384. The molecule has 1 saturated carbocycles. The zero-order valence-corrected chi connectivity index (χ0v) is 9.76. The Labute approximate surface area is 99.9 Å². The van der Waals surface area contributed by atoms with Crippen LogP contribution >= 0.6 is 0 Å². The molecule has 17 heavy (non-hydrogen) atoms. The van der Waals surface area contributed by atoms with Crippen LogP contribution in [0.15, 0.2) is 24.3 Å². The molecule has 0 aliphatic heterocycles. The molecule has 0 radical (unpaired) electrons. The van der Waals surface area contributed by atoms with Crippen molar-refractivity contribution in [3.05, 3.63) is 34.4 Å². The van der Waals surface area contributed by atoms with Gasteiger partial charge in [0.2, 0.25) is 0 Å². The van der Waals surface area contributed by atoms with Crippen LogP contribution in [0.3, 0.4) is 0 Å². The minimum atomic E-state index is -0.417. The summed E-state index contributed by atoms with van der Waals surface area (Å²) in [6.45, 7) is 3.61. The van der Waals surface area contributed by atoms with Crippen molar-refractivity contribution in [2.45, 2.75) is 19.4 Å². The van der Waals surface area contributed by atoms with Gasteiger partial charge in [-0.05, 0) is 24.5 Å². The molecule has 5 nitrogen and oxygen atoms in total. The first-order valence-corrected chi connectivity index (χ1v) is 5.77. The summed E-state index contributed by atoms with van der Waals surface area (Å²) in [7, 11) is 0. The van der Waals surface area contributed by atoms with E-state index >= 15 is 0 Å². The molecule has 0 amide bonds. The molecule has 0 bridgehead atoms. The molecule has 1 fully saturated rings. The first-order valence-electron chi connectivity index (χ1n) is 5.77. The van der Waals surface area contributed by atoms with Gasteiger partial charge in [0.25, 0.3) is 5.69 Å². The summed E-state index contributed by atoms with van der Waals surface area (Å²) in [5.41, 5.74) is 0.0854. The smallest absolute Gasteiger partial charge is 0.269 e. The van der Waals surface area contributed by atoms with Crippen molar-refractivity contribution < 1.29 is 9.66 Å². The van der Waals surface area contributed by atoms with Crippen LogP contribution in [-0.4, -0.2) is 24.1 Å². The van der Waals surface area contributed by atoms with E-state index in [1.165, 1.54) is 18.6 Å². The Balaban J connectivity index is 1.69. The highest BCUT2D eigenvalue weighted by atomic mass is 16.6. The molecule has 1 aliphatic carbocycles. The van der Waals surface area contributed by atoms with E-state index in [-0.39, 0.29) is 5.69 Å². The zero-order valence-electron chi connectivity index (χ0n) is 9.76. The summed E-state index contributed by atoms with van der Waals surface area (Å²) in [5, 5.41) is 13.8. The van der Waals surface area contributed by atoms with E-state index in [1.807, 2.05) is 0 Å². The highest BCUT2D eigenvalue weighted by molar-refractivity contribution is 5.35. The number of hydrogen-bond donors (Lipinski definition) is 1. The van der Waals surface area contributed by atoms with E-state index in [2.05, 4.69) is 12.2 Å². The van der Waals surface area contributed by atoms with Gasteiger partial charge in [0, 0.05) is 24.7 Å². The average molecular weight is 236 g/mol. The summed E-state index contributed by atoms with van der Waals surface area (Å²) in [5.74, 6) is 1.45. The van der Waals surface area contributed by atoms with Crippen molar-refractivity contribution in [2.24, 2.45) is 5.92 Å². The summed E-state index contributed by atoms with van der Waals surface area (Å²) >= 11 is 0. The first kappa shape index (κ1) is 11.9. The quantitative estimate of drug-likeness (QED) is 0.466. The predicted molar refractivity (Wildman–Crippen MR) is 64.2 cm³/mol. The van der Waals surface area contributed by atoms with E-state index in [0.717, 1.165) is 12.5 Å². The number of non-ortho nitro benzene ring substituents is 1. The fourth-order valence-corrected chi connectivity index (χ4v) is 1.68. The number of nitro groups is 1. The third-order valence-corrected chi connectivity index (χ3v) is 2.93. The van der Waals surface area contributed by atoms with Crippen LogP contribution in [0, 0.1) is 16.0 Å². The molecule has 0 spiro atoms. The Kier molecular flexibility index (Phi) is 3.58. The van der Waals surface area contributed by atoms with Crippen molar-refractivity contribution in [1.82, 2.24) is 5.32 Å². The second-order valence-corrected chi connectivity index (χ2v) is 4.37. The molecule has 2 unspecified atom stereocenters. The van der Waals surface area contributed by atoms with Crippen molar-refractivity contribution in [2.75, 3.05) is 13.2 Å². The predicted octanol–water partition coefficient (Wildman–Crippen LogP) is 1.97. The molecule has 2 rings (SSSR count). The van der Waals surface area contributed by atoms with Gasteiger partial charge in [0.05, 0.1) is 4.92 Å². The minimum Gasteiger partial charge on any atom is -0.492 e. The van der Waals surface area contributed by atoms with Gasteiger partial charge in [-0.2, -0.15) is 0 Å². The van der Waals surface area contributed by atoms with Crippen LogP contribution in [0.4, 0.5) is 5.69 Å². The second-order valence-electron chi connectivity index (χ2n) is 4.37. The van der Waals surface area contributed by atoms with Gasteiger partial charge in [-0.15, -0.1) is 0 Å². The van der Waals surface area contributed by atoms with E-state index in [9.17, 15) is 10.1 Å². The lowest BCUT2D eigenvalue weighted by Crippen LogP contribution is -2.24. The maximum atomic E-state index is 10.4. The number of nitrogens with one attached hydrogen (secondary N) is 1. The topological polar surface area (TPSA) is 64.4 Å². The van der Waals surface area contributed by atoms with Crippen LogP contribution in [-0.2, 0) is 0 Å². The van der Waals surface area contributed by atoms with Crippen molar-refractivity contribution in [3.63, 3.8) is 0 Å². The lowest BCUT2D eigenvalue weighted by atomic mass is 10.3. The third-order valence-electron chi connectivity index (χ3n) is 2.93. The maximum Gasteiger partial charge on any atom is 0.269 e. The molecule has 1 aliphatic rings. The standard InChI is InChI=1S/C12H16N2O3/c1-9-8-12(9)13-6-7-17-11-4-2-10(3-5-11)14(15)16/h2-5,9,12-13H,6-8H2,1H3. The van der Waals surface area contributed by atoms with Crippen LogP contribution in [0.25, 0.3) is 0 Å². The average Bonchev–Trinajstić information content (AvgIpc) is 3.01. The monoisotopic (exact) mass is 236 g/mol. The number of benzene rings is 1. The van der Waals surface area contributed by atoms with Crippen molar-refractivity contribution >= 4 is 5.69 Å². The van der Waals surface area contributed by atoms with E-state index in [0.29, 0.717) is 18.4 Å². The SMILES string of the molecule is CC1CC1NCCOc1ccc([N+](=O)[O-])cc1. The van der Waals surface area contributed by atoms with E-state index in [4.69, 9.17) is 4.74 Å². The molecule has 0 heterocycles.